The maximum absolute atomic E-state index is 12.0. The van der Waals surface area contributed by atoms with E-state index < -0.39 is 22.7 Å². The first-order chi connectivity index (χ1) is 7.64. The number of rotatable bonds is 3. The number of alkyl halides is 3. The van der Waals surface area contributed by atoms with Gasteiger partial charge in [0.15, 0.2) is 0 Å². The Morgan fingerprint density at radius 2 is 1.88 bits per heavy atom. The van der Waals surface area contributed by atoms with Crippen LogP contribution in [-0.4, -0.2) is 18.7 Å². The molecule has 1 aromatic carbocycles. The standard InChI is InChI=1S/C7H5Br3O5S2/c8-7(9,10)17(13,14)6-3-1-2-5(4-6)15-16(11)12/h1-4H,(H,11,12). The number of hydrogen-bond donors (Lipinski definition) is 1. The van der Waals surface area contributed by atoms with Crippen molar-refractivity contribution in [3.05, 3.63) is 24.3 Å². The summed E-state index contributed by atoms with van der Waals surface area (Å²) in [5.74, 6) is -0.0244. The van der Waals surface area contributed by atoms with E-state index in [2.05, 4.69) is 52.0 Å². The molecule has 0 fully saturated rings. The van der Waals surface area contributed by atoms with Gasteiger partial charge in [-0.1, -0.05) is 6.07 Å². The molecule has 17 heavy (non-hydrogen) atoms. The number of benzene rings is 1. The fourth-order valence-corrected chi connectivity index (χ4v) is 3.66. The lowest BCUT2D eigenvalue weighted by atomic mass is 10.3. The summed E-state index contributed by atoms with van der Waals surface area (Å²) in [4.78, 5) is -0.0777. The molecule has 0 aliphatic rings. The van der Waals surface area contributed by atoms with Gasteiger partial charge in [0.1, 0.15) is 5.75 Å². The van der Waals surface area contributed by atoms with E-state index in [1.165, 1.54) is 18.2 Å². The topological polar surface area (TPSA) is 80.7 Å². The molecular weight excluding hydrogens is 468 g/mol. The third-order valence-electron chi connectivity index (χ3n) is 1.59. The van der Waals surface area contributed by atoms with E-state index in [1.807, 2.05) is 0 Å². The van der Waals surface area contributed by atoms with E-state index in [-0.39, 0.29) is 10.6 Å². The van der Waals surface area contributed by atoms with Gasteiger partial charge in [-0.2, -0.15) is 4.21 Å². The van der Waals surface area contributed by atoms with Crippen LogP contribution in [0.2, 0.25) is 0 Å². The first-order valence-electron chi connectivity index (χ1n) is 3.85. The molecule has 0 saturated carbocycles. The van der Waals surface area contributed by atoms with Gasteiger partial charge in [0.2, 0.25) is 11.3 Å². The first-order valence-corrected chi connectivity index (χ1v) is 8.74. The minimum atomic E-state index is -3.75. The molecule has 5 nitrogen and oxygen atoms in total. The maximum atomic E-state index is 12.0. The summed E-state index contributed by atoms with van der Waals surface area (Å²) < 4.78 is 45.9. The average molecular weight is 473 g/mol. The summed E-state index contributed by atoms with van der Waals surface area (Å²) in [6.45, 7) is 0. The zero-order valence-corrected chi connectivity index (χ0v) is 14.2. The molecule has 1 N–H and O–H groups in total. The van der Waals surface area contributed by atoms with Crippen LogP contribution in [0.1, 0.15) is 0 Å². The molecule has 0 amide bonds. The predicted molar refractivity (Wildman–Crippen MR) is 74.5 cm³/mol. The van der Waals surface area contributed by atoms with Gasteiger partial charge in [0, 0.05) is 6.07 Å². The van der Waals surface area contributed by atoms with Crippen LogP contribution in [0.4, 0.5) is 0 Å². The van der Waals surface area contributed by atoms with E-state index in [1.54, 1.807) is 0 Å². The molecule has 0 radical (unpaired) electrons. The highest BCUT2D eigenvalue weighted by atomic mass is 80.0. The van der Waals surface area contributed by atoms with Crippen molar-refractivity contribution in [2.75, 3.05) is 0 Å². The molecule has 0 aromatic heterocycles. The second-order valence-corrected chi connectivity index (χ2v) is 13.8. The quantitative estimate of drug-likeness (QED) is 0.540. The number of halogens is 3. The molecule has 0 bridgehead atoms. The minimum Gasteiger partial charge on any atom is -0.380 e. The lowest BCUT2D eigenvalue weighted by Crippen LogP contribution is -2.17. The molecule has 10 heteroatoms. The first kappa shape index (κ1) is 15.6. The van der Waals surface area contributed by atoms with Gasteiger partial charge in [0.25, 0.3) is 0 Å². The monoisotopic (exact) mass is 470 g/mol. The summed E-state index contributed by atoms with van der Waals surface area (Å²) in [5.41, 5.74) is 0. The fraction of sp³-hybridized carbons (Fsp3) is 0.143. The Labute approximate surface area is 126 Å². The number of hydrogen-bond acceptors (Lipinski definition) is 4. The van der Waals surface area contributed by atoms with Gasteiger partial charge in [-0.15, -0.1) is 0 Å². The van der Waals surface area contributed by atoms with Crippen molar-refractivity contribution in [2.45, 2.75) is 6.37 Å². The van der Waals surface area contributed by atoms with Crippen molar-refractivity contribution >= 4 is 69.0 Å². The summed E-state index contributed by atoms with van der Waals surface area (Å²) >= 11 is 6.22. The van der Waals surface area contributed by atoms with Crippen LogP contribution in [0.3, 0.4) is 0 Å². The van der Waals surface area contributed by atoms with Crippen LogP contribution in [0.25, 0.3) is 0 Å². The average Bonchev–Trinajstić information content (AvgIpc) is 2.15. The second kappa shape index (κ2) is 5.66. The van der Waals surface area contributed by atoms with Gasteiger partial charge >= 0.3 is 11.4 Å². The van der Waals surface area contributed by atoms with Gasteiger partial charge in [-0.3, -0.25) is 4.55 Å². The summed E-state index contributed by atoms with van der Waals surface area (Å²) in [7, 11) is -3.75. The van der Waals surface area contributed by atoms with Crippen molar-refractivity contribution in [3.8, 4) is 5.75 Å². The molecule has 1 atom stereocenters. The molecule has 0 heterocycles. The Hall–Kier alpha value is 0.520. The van der Waals surface area contributed by atoms with Crippen molar-refractivity contribution in [2.24, 2.45) is 0 Å². The number of sulfone groups is 1. The summed E-state index contributed by atoms with van der Waals surface area (Å²) in [5, 5.41) is 0. The van der Waals surface area contributed by atoms with Crippen LogP contribution in [0.15, 0.2) is 29.2 Å². The molecular formula is C7H5Br3O5S2. The van der Waals surface area contributed by atoms with Crippen molar-refractivity contribution < 1.29 is 21.4 Å². The van der Waals surface area contributed by atoms with Gasteiger partial charge in [0.05, 0.1) is 4.90 Å². The van der Waals surface area contributed by atoms with Gasteiger partial charge < -0.3 is 4.18 Å². The van der Waals surface area contributed by atoms with Crippen molar-refractivity contribution in [3.63, 3.8) is 0 Å². The molecule has 96 valence electrons. The smallest absolute Gasteiger partial charge is 0.357 e. The molecule has 1 aromatic rings. The molecule has 0 spiro atoms. The van der Waals surface area contributed by atoms with Crippen LogP contribution in [0.5, 0.6) is 5.75 Å². The Morgan fingerprint density at radius 1 is 1.29 bits per heavy atom. The van der Waals surface area contributed by atoms with Crippen molar-refractivity contribution in [1.29, 1.82) is 0 Å². The third kappa shape index (κ3) is 4.00. The van der Waals surface area contributed by atoms with E-state index in [9.17, 15) is 12.6 Å². The van der Waals surface area contributed by atoms with E-state index in [4.69, 9.17) is 4.55 Å². The summed E-state index contributed by atoms with van der Waals surface area (Å²) in [6, 6.07) is 5.24. The van der Waals surface area contributed by atoms with Crippen LogP contribution in [-0.2, 0) is 21.2 Å². The molecule has 1 unspecified atom stereocenters. The van der Waals surface area contributed by atoms with E-state index in [0.29, 0.717) is 0 Å². The second-order valence-electron chi connectivity index (χ2n) is 2.72. The molecule has 0 aliphatic carbocycles. The molecule has 1 rings (SSSR count). The van der Waals surface area contributed by atoms with Crippen LogP contribution in [0, 0.1) is 0 Å². The molecule has 0 aliphatic heterocycles. The zero-order chi connectivity index (χ0) is 13.3. The van der Waals surface area contributed by atoms with E-state index >= 15 is 0 Å². The highest BCUT2D eigenvalue weighted by Gasteiger charge is 2.37. The Kier molecular flexibility index (Phi) is 5.18. The van der Waals surface area contributed by atoms with Crippen molar-refractivity contribution in [1.82, 2.24) is 0 Å². The highest BCUT2D eigenvalue weighted by Crippen LogP contribution is 2.43. The van der Waals surface area contributed by atoms with Crippen LogP contribution >= 0.6 is 47.8 Å². The SMILES string of the molecule is O=S(O)Oc1cccc(S(=O)(=O)C(Br)(Br)Br)c1. The van der Waals surface area contributed by atoms with Gasteiger partial charge in [-0.25, -0.2) is 8.42 Å². The lowest BCUT2D eigenvalue weighted by molar-refractivity contribution is 0.457. The fourth-order valence-electron chi connectivity index (χ4n) is 0.909. The van der Waals surface area contributed by atoms with Crippen LogP contribution < -0.4 is 4.18 Å². The normalized spacial score (nSPS) is 14.4. The minimum absolute atomic E-state index is 0.0244. The zero-order valence-electron chi connectivity index (χ0n) is 7.84. The van der Waals surface area contributed by atoms with Gasteiger partial charge in [-0.05, 0) is 59.9 Å². The Balaban J connectivity index is 3.21. The Morgan fingerprint density at radius 3 is 2.35 bits per heavy atom. The Bertz CT molecular complexity index is 537. The molecule has 0 saturated heterocycles. The third-order valence-corrected chi connectivity index (χ3v) is 7.24. The highest BCUT2D eigenvalue weighted by molar-refractivity contribution is 9.42. The summed E-state index contributed by atoms with van der Waals surface area (Å²) in [6.07, 6.45) is 0. The van der Waals surface area contributed by atoms with E-state index in [0.717, 1.165) is 6.07 Å². The lowest BCUT2D eigenvalue weighted by Gasteiger charge is -2.13. The predicted octanol–water partition coefficient (Wildman–Crippen LogP) is 2.77. The maximum Gasteiger partial charge on any atom is 0.357 e. The largest absolute Gasteiger partial charge is 0.380 e.